The lowest BCUT2D eigenvalue weighted by molar-refractivity contribution is 0.282. The van der Waals surface area contributed by atoms with Crippen molar-refractivity contribution in [1.29, 1.82) is 0 Å². The molecule has 5 nitrogen and oxygen atoms in total. The zero-order valence-corrected chi connectivity index (χ0v) is 29.3. The Kier molecular flexibility index (Phi) is 7.25. The maximum atomic E-state index is 6.85. The Labute approximate surface area is 289 Å². The van der Waals surface area contributed by atoms with Crippen LogP contribution in [0.3, 0.4) is 0 Å². The first-order chi connectivity index (χ1) is 23.5. The lowest BCUT2D eigenvalue weighted by atomic mass is 9.88. The molecule has 0 fully saturated rings. The molecule has 0 radical (unpaired) electrons. The highest BCUT2D eigenvalue weighted by atomic mass is 16.5. The Morgan fingerprint density at radius 3 is 2.29 bits per heavy atom. The number of likely N-dealkylation sites (N-methyl/N-ethyl adjacent to an activating group) is 1. The van der Waals surface area contributed by atoms with Crippen molar-refractivity contribution in [2.45, 2.75) is 53.1 Å². The average molecular weight is 643 g/mol. The smallest absolute Gasteiger partial charge is 0.137 e. The van der Waals surface area contributed by atoms with E-state index in [2.05, 4.69) is 179 Å². The Morgan fingerprint density at radius 2 is 1.49 bits per heavy atom. The van der Waals surface area contributed by atoms with Crippen molar-refractivity contribution >= 4 is 27.5 Å². The van der Waals surface area contributed by atoms with Gasteiger partial charge in [-0.3, -0.25) is 4.57 Å². The molecule has 4 aromatic carbocycles. The minimum Gasteiger partial charge on any atom is -0.457 e. The summed E-state index contributed by atoms with van der Waals surface area (Å²) in [6, 6.07) is 30.5. The van der Waals surface area contributed by atoms with E-state index in [1.165, 1.54) is 38.6 Å². The van der Waals surface area contributed by atoms with Gasteiger partial charge in [0.2, 0.25) is 0 Å². The van der Waals surface area contributed by atoms with Gasteiger partial charge >= 0.3 is 0 Å². The number of para-hydroxylation sites is 1. The van der Waals surface area contributed by atoms with Crippen molar-refractivity contribution in [2.75, 3.05) is 7.05 Å². The van der Waals surface area contributed by atoms with Gasteiger partial charge in [0, 0.05) is 48.0 Å². The van der Waals surface area contributed by atoms with Crippen molar-refractivity contribution in [3.8, 4) is 28.4 Å². The summed E-state index contributed by atoms with van der Waals surface area (Å²) >= 11 is 0. The van der Waals surface area contributed by atoms with E-state index < -0.39 is 0 Å². The number of allylic oxidation sites excluding steroid dienone is 2. The minimum atomic E-state index is 0.00542. The monoisotopic (exact) mass is 642 g/mol. The third-order valence-electron chi connectivity index (χ3n) is 9.84. The summed E-state index contributed by atoms with van der Waals surface area (Å²) in [4.78, 5) is 9.44. The van der Waals surface area contributed by atoms with Gasteiger partial charge < -0.3 is 14.5 Å². The largest absolute Gasteiger partial charge is 0.457 e. The van der Waals surface area contributed by atoms with Gasteiger partial charge in [0.05, 0.1) is 16.7 Å². The highest BCUT2D eigenvalue weighted by molar-refractivity contribution is 6.09. The SMILES string of the molecule is Cc1cc(C)c(-c2cc(Oc3ccc4c5ccccc5n(-c5cc(C(C)(C)C)ccn5)c4c3)cc(C3=CN(C)C4C=CC=CN34)c2)c(C)c1. The van der Waals surface area contributed by atoms with Crippen LogP contribution in [0, 0.1) is 20.8 Å². The maximum Gasteiger partial charge on any atom is 0.137 e. The molecular weight excluding hydrogens is 601 g/mol. The Morgan fingerprint density at radius 1 is 0.735 bits per heavy atom. The Bertz CT molecular complexity index is 2340. The van der Waals surface area contributed by atoms with Crippen LogP contribution in [0.5, 0.6) is 11.5 Å². The van der Waals surface area contributed by atoms with Gasteiger partial charge in [-0.25, -0.2) is 4.98 Å². The molecule has 0 amide bonds. The molecule has 244 valence electrons. The Hall–Kier alpha value is -5.55. The van der Waals surface area contributed by atoms with Crippen molar-refractivity contribution in [3.63, 3.8) is 0 Å². The molecule has 2 aliphatic rings. The standard InChI is InChI=1S/C44H42N4O/c1-28-20-29(2)43(30(3)21-28)32-22-31(40-27-46(7)42-14-10-11-19-47(40)42)23-35(24-32)49-34-15-16-37-36-12-8-9-13-38(36)48(39(37)26-34)41-25-33(17-18-45-41)44(4,5)6/h8-27,42H,1-7H3. The number of nitrogens with zero attached hydrogens (tertiary/aromatic N) is 4. The molecule has 0 aliphatic carbocycles. The number of hydrogen-bond acceptors (Lipinski definition) is 4. The fraction of sp³-hybridized carbons (Fsp3) is 0.205. The first-order valence-corrected chi connectivity index (χ1v) is 17.0. The second-order valence-electron chi connectivity index (χ2n) is 14.5. The molecule has 1 unspecified atom stereocenters. The van der Waals surface area contributed by atoms with E-state index in [4.69, 9.17) is 9.72 Å². The molecule has 0 bridgehead atoms. The van der Waals surface area contributed by atoms with Gasteiger partial charge in [0.15, 0.2) is 0 Å². The fourth-order valence-electron chi connectivity index (χ4n) is 7.59. The third kappa shape index (κ3) is 5.40. The van der Waals surface area contributed by atoms with E-state index in [0.29, 0.717) is 0 Å². The van der Waals surface area contributed by atoms with Crippen LogP contribution in [-0.2, 0) is 5.41 Å². The van der Waals surface area contributed by atoms with Crippen LogP contribution in [0.2, 0.25) is 0 Å². The summed E-state index contributed by atoms with van der Waals surface area (Å²) in [5, 5.41) is 2.36. The predicted molar refractivity (Wildman–Crippen MR) is 203 cm³/mol. The number of aromatic nitrogens is 2. The van der Waals surface area contributed by atoms with Crippen LogP contribution in [0.4, 0.5) is 0 Å². The predicted octanol–water partition coefficient (Wildman–Crippen LogP) is 10.8. The molecular formula is C44H42N4O. The van der Waals surface area contributed by atoms with E-state index in [-0.39, 0.29) is 11.6 Å². The van der Waals surface area contributed by atoms with Gasteiger partial charge in [-0.05, 0) is 115 Å². The fourth-order valence-corrected chi connectivity index (χ4v) is 7.59. The molecule has 0 saturated heterocycles. The number of hydrogen-bond donors (Lipinski definition) is 0. The zero-order valence-electron chi connectivity index (χ0n) is 29.3. The number of ether oxygens (including phenoxy) is 1. The lowest BCUT2D eigenvalue weighted by Gasteiger charge is -2.29. The van der Waals surface area contributed by atoms with E-state index in [9.17, 15) is 0 Å². The second kappa shape index (κ2) is 11.6. The van der Waals surface area contributed by atoms with E-state index in [1.807, 2.05) is 6.20 Å². The molecule has 2 aliphatic heterocycles. The molecule has 0 spiro atoms. The van der Waals surface area contributed by atoms with E-state index in [0.717, 1.165) is 45.2 Å². The van der Waals surface area contributed by atoms with Crippen LogP contribution < -0.4 is 4.74 Å². The van der Waals surface area contributed by atoms with Crippen LogP contribution in [0.15, 0.2) is 122 Å². The number of benzene rings is 4. The summed E-state index contributed by atoms with van der Waals surface area (Å²) in [6.45, 7) is 13.3. The molecule has 0 N–H and O–H groups in total. The summed E-state index contributed by atoms with van der Waals surface area (Å²) < 4.78 is 9.12. The van der Waals surface area contributed by atoms with Crippen LogP contribution in [0.1, 0.15) is 48.6 Å². The first kappa shape index (κ1) is 30.8. The molecule has 8 rings (SSSR count). The number of rotatable bonds is 5. The van der Waals surface area contributed by atoms with Crippen molar-refractivity contribution in [1.82, 2.24) is 19.4 Å². The molecule has 4 heterocycles. The summed E-state index contributed by atoms with van der Waals surface area (Å²) in [6.07, 6.45) is 12.9. The average Bonchev–Trinajstić information content (AvgIpc) is 3.58. The molecule has 5 heteroatoms. The number of aryl methyl sites for hydroxylation is 3. The summed E-state index contributed by atoms with van der Waals surface area (Å²) in [5.74, 6) is 2.48. The molecule has 1 atom stereocenters. The third-order valence-corrected chi connectivity index (χ3v) is 9.84. The van der Waals surface area contributed by atoms with E-state index in [1.54, 1.807) is 0 Å². The first-order valence-electron chi connectivity index (χ1n) is 17.0. The molecule has 6 aromatic rings. The minimum absolute atomic E-state index is 0.00542. The molecule has 2 aromatic heterocycles. The van der Waals surface area contributed by atoms with Crippen molar-refractivity contribution < 1.29 is 4.74 Å². The topological polar surface area (TPSA) is 33.5 Å². The molecule has 0 saturated carbocycles. The van der Waals surface area contributed by atoms with Crippen molar-refractivity contribution in [2.24, 2.45) is 0 Å². The summed E-state index contributed by atoms with van der Waals surface area (Å²) in [7, 11) is 2.13. The maximum absolute atomic E-state index is 6.85. The lowest BCUT2D eigenvalue weighted by Crippen LogP contribution is -2.33. The second-order valence-corrected chi connectivity index (χ2v) is 14.5. The normalized spacial score (nSPS) is 15.7. The van der Waals surface area contributed by atoms with Crippen LogP contribution in [-0.4, -0.2) is 32.6 Å². The van der Waals surface area contributed by atoms with Crippen LogP contribution in [0.25, 0.3) is 44.4 Å². The van der Waals surface area contributed by atoms with Gasteiger partial charge in [-0.2, -0.15) is 0 Å². The number of pyridine rings is 1. The highest BCUT2D eigenvalue weighted by Crippen LogP contribution is 2.41. The zero-order chi connectivity index (χ0) is 34.0. The van der Waals surface area contributed by atoms with Gasteiger partial charge in [0.25, 0.3) is 0 Å². The quantitative estimate of drug-likeness (QED) is 0.187. The molecule has 49 heavy (non-hydrogen) atoms. The van der Waals surface area contributed by atoms with E-state index >= 15 is 0 Å². The summed E-state index contributed by atoms with van der Waals surface area (Å²) in [5.41, 5.74) is 11.9. The van der Waals surface area contributed by atoms with Crippen LogP contribution >= 0.6 is 0 Å². The Balaban J connectivity index is 1.28. The van der Waals surface area contributed by atoms with Gasteiger partial charge in [0.1, 0.15) is 23.5 Å². The van der Waals surface area contributed by atoms with Gasteiger partial charge in [-0.15, -0.1) is 0 Å². The number of fused-ring (bicyclic) bond motifs is 4. The highest BCUT2D eigenvalue weighted by Gasteiger charge is 2.29. The van der Waals surface area contributed by atoms with Gasteiger partial charge in [-0.1, -0.05) is 62.7 Å². The van der Waals surface area contributed by atoms with Crippen molar-refractivity contribution in [3.05, 3.63) is 150 Å².